The number of phenolic OH excluding ortho intramolecular Hbond substituents is 1. The van der Waals surface area contributed by atoms with E-state index < -0.39 is 0 Å². The number of nitrogens with zero attached hydrogens (tertiary/aromatic N) is 1. The van der Waals surface area contributed by atoms with Gasteiger partial charge in [0.1, 0.15) is 18.1 Å². The van der Waals surface area contributed by atoms with Crippen molar-refractivity contribution in [2.24, 2.45) is 4.99 Å². The molecule has 3 N–H and O–H groups in total. The molecule has 0 aromatic heterocycles. The molecule has 0 spiro atoms. The fourth-order valence-corrected chi connectivity index (χ4v) is 2.86. The largest absolute Gasteiger partial charge is 0.508 e. The smallest absolute Gasteiger partial charge is 0.191 e. The molecule has 0 aliphatic heterocycles. The van der Waals surface area contributed by atoms with Gasteiger partial charge < -0.3 is 25.2 Å². The maximum absolute atomic E-state index is 9.34. The Labute approximate surface area is 197 Å². The molecule has 0 heterocycles. The molecule has 0 saturated heterocycles. The summed E-state index contributed by atoms with van der Waals surface area (Å²) in [5.74, 6) is 1.94. The van der Waals surface area contributed by atoms with E-state index in [9.17, 15) is 5.11 Å². The van der Waals surface area contributed by atoms with Crippen molar-refractivity contribution in [3.63, 3.8) is 0 Å². The molecule has 0 radical (unpaired) electrons. The minimum atomic E-state index is 0. The fraction of sp³-hybridized carbons (Fsp3) is 0.435. The summed E-state index contributed by atoms with van der Waals surface area (Å²) in [5, 5.41) is 16.0. The maximum atomic E-state index is 9.34. The maximum Gasteiger partial charge on any atom is 0.191 e. The van der Waals surface area contributed by atoms with Gasteiger partial charge in [-0.3, -0.25) is 4.99 Å². The molecule has 0 atom stereocenters. The lowest BCUT2D eigenvalue weighted by atomic mass is 10.1. The summed E-state index contributed by atoms with van der Waals surface area (Å²) in [7, 11) is 1.77. The van der Waals surface area contributed by atoms with Crippen LogP contribution in [0.5, 0.6) is 11.5 Å². The molecule has 2 rings (SSSR count). The van der Waals surface area contributed by atoms with Crippen LogP contribution < -0.4 is 15.4 Å². The molecule has 2 aromatic rings. The number of nitrogens with one attached hydrogen (secondary N) is 2. The summed E-state index contributed by atoms with van der Waals surface area (Å²) < 4.78 is 11.3. The first kappa shape index (κ1) is 26.0. The fourth-order valence-electron chi connectivity index (χ4n) is 2.86. The average Bonchev–Trinajstić information content (AvgIpc) is 2.73. The van der Waals surface area contributed by atoms with Crippen molar-refractivity contribution < 1.29 is 14.6 Å². The highest BCUT2D eigenvalue weighted by molar-refractivity contribution is 14.0. The third-order valence-electron chi connectivity index (χ3n) is 4.45. The Balaban J connectivity index is 0.00000450. The normalized spacial score (nSPS) is 11.0. The van der Waals surface area contributed by atoms with E-state index in [0.717, 1.165) is 42.2 Å². The predicted octanol–water partition coefficient (Wildman–Crippen LogP) is 4.03. The van der Waals surface area contributed by atoms with Crippen LogP contribution in [0, 0.1) is 6.92 Å². The molecule has 0 amide bonds. The molecule has 0 unspecified atom stereocenters. The van der Waals surface area contributed by atoms with Crippen LogP contribution in [0.25, 0.3) is 0 Å². The highest BCUT2D eigenvalue weighted by Crippen LogP contribution is 2.20. The Morgan fingerprint density at radius 2 is 1.83 bits per heavy atom. The van der Waals surface area contributed by atoms with E-state index in [-0.39, 0.29) is 24.0 Å². The van der Waals surface area contributed by atoms with Crippen molar-refractivity contribution in [3.05, 3.63) is 59.2 Å². The van der Waals surface area contributed by atoms with Gasteiger partial charge >= 0.3 is 0 Å². The second-order valence-corrected chi connectivity index (χ2v) is 6.78. The van der Waals surface area contributed by atoms with Crippen molar-refractivity contribution in [3.8, 4) is 11.5 Å². The summed E-state index contributed by atoms with van der Waals surface area (Å²) in [6.07, 6.45) is 1.92. The number of benzene rings is 2. The number of aryl methyl sites for hydroxylation is 2. The van der Waals surface area contributed by atoms with Gasteiger partial charge in [0.2, 0.25) is 0 Å². The number of ether oxygens (including phenoxy) is 2. The molecule has 0 bridgehead atoms. The van der Waals surface area contributed by atoms with E-state index in [0.29, 0.717) is 32.1 Å². The van der Waals surface area contributed by atoms with Crippen LogP contribution in [0.15, 0.2) is 47.5 Å². The Morgan fingerprint density at radius 3 is 2.53 bits per heavy atom. The van der Waals surface area contributed by atoms with Gasteiger partial charge in [-0.15, -0.1) is 24.0 Å². The molecular weight excluding hydrogens is 493 g/mol. The van der Waals surface area contributed by atoms with Gasteiger partial charge in [0.25, 0.3) is 0 Å². The summed E-state index contributed by atoms with van der Waals surface area (Å²) in [6.45, 7) is 7.29. The summed E-state index contributed by atoms with van der Waals surface area (Å²) in [4.78, 5) is 4.29. The van der Waals surface area contributed by atoms with Gasteiger partial charge in [-0.25, -0.2) is 0 Å². The topological polar surface area (TPSA) is 75.1 Å². The zero-order valence-corrected chi connectivity index (χ0v) is 20.4. The minimum Gasteiger partial charge on any atom is -0.508 e. The molecule has 6 nitrogen and oxygen atoms in total. The number of aliphatic imine (C=N–C) groups is 1. The van der Waals surface area contributed by atoms with E-state index in [1.54, 1.807) is 19.2 Å². The number of hydrogen-bond acceptors (Lipinski definition) is 4. The van der Waals surface area contributed by atoms with Crippen molar-refractivity contribution in [1.29, 1.82) is 0 Å². The highest BCUT2D eigenvalue weighted by Gasteiger charge is 2.06. The van der Waals surface area contributed by atoms with Crippen LogP contribution in [0.2, 0.25) is 0 Å². The second kappa shape index (κ2) is 14.9. The van der Waals surface area contributed by atoms with Crippen LogP contribution in [-0.4, -0.2) is 44.5 Å². The van der Waals surface area contributed by atoms with Gasteiger partial charge in [-0.1, -0.05) is 24.3 Å². The third-order valence-corrected chi connectivity index (χ3v) is 4.45. The zero-order valence-electron chi connectivity index (χ0n) is 18.1. The monoisotopic (exact) mass is 527 g/mol. The predicted molar refractivity (Wildman–Crippen MR) is 133 cm³/mol. The SMILES string of the molecule is CCOCCOc1cc(C)ccc1CNC(=NC)NCCCc1ccc(O)cc1.I. The number of phenols is 1. The van der Waals surface area contributed by atoms with Crippen LogP contribution in [0.1, 0.15) is 30.0 Å². The Kier molecular flexibility index (Phi) is 12.9. The standard InChI is InChI=1S/C23H33N3O3.HI/c1-4-28-14-15-29-22-16-18(2)7-10-20(22)17-26-23(24-3)25-13-5-6-19-8-11-21(27)12-9-19;/h7-12,16,27H,4-6,13-15,17H2,1-3H3,(H2,24,25,26);1H. The van der Waals surface area contributed by atoms with Gasteiger partial charge in [0.15, 0.2) is 5.96 Å². The lowest BCUT2D eigenvalue weighted by molar-refractivity contribution is 0.110. The van der Waals surface area contributed by atoms with E-state index >= 15 is 0 Å². The quantitative estimate of drug-likeness (QED) is 0.178. The van der Waals surface area contributed by atoms with Gasteiger partial charge in [0.05, 0.1) is 6.61 Å². The molecule has 0 aliphatic carbocycles. The molecule has 0 saturated carbocycles. The summed E-state index contributed by atoms with van der Waals surface area (Å²) in [5.41, 5.74) is 3.46. The first-order chi connectivity index (χ1) is 14.1. The molecular formula is C23H34IN3O3. The Morgan fingerprint density at radius 1 is 1.07 bits per heavy atom. The van der Waals surface area contributed by atoms with E-state index in [1.165, 1.54) is 5.56 Å². The number of rotatable bonds is 11. The Bertz CT molecular complexity index is 767. The lowest BCUT2D eigenvalue weighted by Crippen LogP contribution is -2.37. The summed E-state index contributed by atoms with van der Waals surface area (Å²) >= 11 is 0. The van der Waals surface area contributed by atoms with Gasteiger partial charge in [-0.2, -0.15) is 0 Å². The molecule has 0 aliphatic rings. The number of aromatic hydroxyl groups is 1. The molecule has 7 heteroatoms. The van der Waals surface area contributed by atoms with Crippen LogP contribution in [0.3, 0.4) is 0 Å². The van der Waals surface area contributed by atoms with E-state index in [2.05, 4.69) is 40.7 Å². The van der Waals surface area contributed by atoms with Crippen molar-refractivity contribution in [2.75, 3.05) is 33.4 Å². The number of hydrogen-bond donors (Lipinski definition) is 3. The molecule has 0 fully saturated rings. The number of guanidine groups is 1. The first-order valence-electron chi connectivity index (χ1n) is 10.1. The average molecular weight is 527 g/mol. The van der Waals surface area contributed by atoms with Crippen LogP contribution >= 0.6 is 24.0 Å². The molecule has 166 valence electrons. The summed E-state index contributed by atoms with van der Waals surface area (Å²) in [6, 6.07) is 13.6. The van der Waals surface area contributed by atoms with Crippen molar-refractivity contribution in [2.45, 2.75) is 33.2 Å². The zero-order chi connectivity index (χ0) is 20.9. The van der Waals surface area contributed by atoms with Crippen molar-refractivity contribution in [1.82, 2.24) is 10.6 Å². The van der Waals surface area contributed by atoms with Gasteiger partial charge in [-0.05, 0) is 56.0 Å². The van der Waals surface area contributed by atoms with Crippen molar-refractivity contribution >= 4 is 29.9 Å². The minimum absolute atomic E-state index is 0. The highest BCUT2D eigenvalue weighted by atomic mass is 127. The third kappa shape index (κ3) is 9.67. The second-order valence-electron chi connectivity index (χ2n) is 6.78. The first-order valence-corrected chi connectivity index (χ1v) is 10.1. The van der Waals surface area contributed by atoms with Crippen LogP contribution in [-0.2, 0) is 17.7 Å². The van der Waals surface area contributed by atoms with E-state index in [4.69, 9.17) is 9.47 Å². The number of halogens is 1. The van der Waals surface area contributed by atoms with E-state index in [1.807, 2.05) is 19.1 Å². The Hall–Kier alpha value is -2.00. The lowest BCUT2D eigenvalue weighted by Gasteiger charge is -2.15. The molecule has 2 aromatic carbocycles. The van der Waals surface area contributed by atoms with Gasteiger partial charge in [0, 0.05) is 32.3 Å². The molecule has 30 heavy (non-hydrogen) atoms. The van der Waals surface area contributed by atoms with Crippen LogP contribution in [0.4, 0.5) is 0 Å².